The molecule has 2 saturated heterocycles. The average molecular weight is 629 g/mol. The second-order valence-electron chi connectivity index (χ2n) is 17.8. The number of hydrogen-bond donors (Lipinski definition) is 1. The van der Waals surface area contributed by atoms with Gasteiger partial charge in [0, 0.05) is 62.5 Å². The highest BCUT2D eigenvalue weighted by Crippen LogP contribution is 2.34. The summed E-state index contributed by atoms with van der Waals surface area (Å²) in [7, 11) is 0. The van der Waals surface area contributed by atoms with Crippen molar-refractivity contribution in [1.82, 2.24) is 20.0 Å². The number of nitrogens with zero attached hydrogens (tertiary/aromatic N) is 3. The monoisotopic (exact) mass is 629 g/mol. The number of likely N-dealkylation sites (tertiary alicyclic amines) is 1. The molecule has 0 spiro atoms. The Kier molecular flexibility index (Phi) is 12.3. The lowest BCUT2D eigenvalue weighted by Gasteiger charge is -2.51. The molecule has 7 heteroatoms. The lowest BCUT2D eigenvalue weighted by atomic mass is 9.82. The fraction of sp³-hybridized carbons (Fsp3) is 0.842. The van der Waals surface area contributed by atoms with E-state index in [1.54, 1.807) is 0 Å². The van der Waals surface area contributed by atoms with E-state index in [4.69, 9.17) is 14.2 Å². The predicted octanol–water partition coefficient (Wildman–Crippen LogP) is 6.70. The molecule has 1 aromatic carbocycles. The van der Waals surface area contributed by atoms with E-state index in [1.165, 1.54) is 65.1 Å². The molecule has 3 fully saturated rings. The van der Waals surface area contributed by atoms with Gasteiger partial charge in [0.05, 0.1) is 18.8 Å². The van der Waals surface area contributed by atoms with Crippen molar-refractivity contribution in [3.63, 3.8) is 0 Å². The molecule has 0 radical (unpaired) electrons. The molecule has 2 heterocycles. The lowest BCUT2D eigenvalue weighted by Crippen LogP contribution is -2.60. The minimum Gasteiger partial charge on any atom is -0.493 e. The first kappa shape index (κ1) is 36.5. The van der Waals surface area contributed by atoms with E-state index in [-0.39, 0.29) is 28.2 Å². The second kappa shape index (κ2) is 15.2. The summed E-state index contributed by atoms with van der Waals surface area (Å²) >= 11 is 0. The third-order valence-corrected chi connectivity index (χ3v) is 9.78. The first-order valence-electron chi connectivity index (χ1n) is 18.0. The third kappa shape index (κ3) is 12.6. The minimum atomic E-state index is -0.0417. The molecule has 4 rings (SSSR count). The summed E-state index contributed by atoms with van der Waals surface area (Å²) in [6.45, 7) is 33.8. The first-order chi connectivity index (χ1) is 20.9. The summed E-state index contributed by atoms with van der Waals surface area (Å²) in [6, 6.07) is 8.65. The Morgan fingerprint density at radius 3 is 2.18 bits per heavy atom. The van der Waals surface area contributed by atoms with Crippen molar-refractivity contribution in [3.8, 4) is 11.5 Å². The summed E-state index contributed by atoms with van der Waals surface area (Å²) in [4.78, 5) is 8.05. The fourth-order valence-electron chi connectivity index (χ4n) is 6.77. The Hall–Kier alpha value is -1.38. The summed E-state index contributed by atoms with van der Waals surface area (Å²) in [5.74, 6) is 2.61. The molecular weight excluding hydrogens is 560 g/mol. The Labute approximate surface area is 276 Å². The quantitative estimate of drug-likeness (QED) is 0.232. The van der Waals surface area contributed by atoms with E-state index in [0.29, 0.717) is 12.6 Å². The van der Waals surface area contributed by atoms with Gasteiger partial charge < -0.3 is 24.4 Å². The number of rotatable bonds is 15. The maximum Gasteiger partial charge on any atom is 0.123 e. The van der Waals surface area contributed by atoms with Crippen molar-refractivity contribution < 1.29 is 14.2 Å². The summed E-state index contributed by atoms with van der Waals surface area (Å²) in [5.41, 5.74) is 0.457. The van der Waals surface area contributed by atoms with E-state index in [9.17, 15) is 0 Å². The van der Waals surface area contributed by atoms with Gasteiger partial charge in [-0.25, -0.2) is 0 Å². The van der Waals surface area contributed by atoms with Gasteiger partial charge in [-0.05, 0) is 117 Å². The van der Waals surface area contributed by atoms with Gasteiger partial charge in [0.1, 0.15) is 17.6 Å². The number of hydrogen-bond acceptors (Lipinski definition) is 7. The van der Waals surface area contributed by atoms with Crippen molar-refractivity contribution >= 4 is 0 Å². The van der Waals surface area contributed by atoms with Crippen molar-refractivity contribution in [3.05, 3.63) is 24.3 Å². The van der Waals surface area contributed by atoms with Gasteiger partial charge in [0.2, 0.25) is 0 Å². The predicted molar refractivity (Wildman–Crippen MR) is 188 cm³/mol. The van der Waals surface area contributed by atoms with Crippen LogP contribution in [0.4, 0.5) is 0 Å². The highest BCUT2D eigenvalue weighted by atomic mass is 16.5. The Morgan fingerprint density at radius 2 is 1.49 bits per heavy atom. The molecule has 0 aromatic heterocycles. The molecule has 1 aliphatic carbocycles. The smallest absolute Gasteiger partial charge is 0.123 e. The fourth-order valence-corrected chi connectivity index (χ4v) is 6.77. The molecule has 2 aliphatic heterocycles. The zero-order valence-corrected chi connectivity index (χ0v) is 30.7. The van der Waals surface area contributed by atoms with Gasteiger partial charge >= 0.3 is 0 Å². The zero-order valence-electron chi connectivity index (χ0n) is 30.7. The Bertz CT molecular complexity index is 1030. The van der Waals surface area contributed by atoms with Crippen LogP contribution in [0.1, 0.15) is 101 Å². The summed E-state index contributed by atoms with van der Waals surface area (Å²) < 4.78 is 18.2. The highest BCUT2D eigenvalue weighted by molar-refractivity contribution is 5.33. The first-order valence-corrected chi connectivity index (χ1v) is 18.0. The third-order valence-electron chi connectivity index (χ3n) is 9.78. The van der Waals surface area contributed by atoms with Crippen LogP contribution in [0.15, 0.2) is 24.3 Å². The molecular formula is C38H68N4O3. The molecule has 1 saturated carbocycles. The van der Waals surface area contributed by atoms with E-state index >= 15 is 0 Å². The van der Waals surface area contributed by atoms with Crippen LogP contribution in [0.25, 0.3) is 0 Å². The largest absolute Gasteiger partial charge is 0.493 e. The Balaban J connectivity index is 1.10. The highest BCUT2D eigenvalue weighted by Gasteiger charge is 2.40. The number of ether oxygens (including phenoxy) is 3. The zero-order chi connectivity index (χ0) is 32.9. The van der Waals surface area contributed by atoms with Crippen LogP contribution < -0.4 is 14.8 Å². The summed E-state index contributed by atoms with van der Waals surface area (Å²) in [6.07, 6.45) is 6.06. The van der Waals surface area contributed by atoms with Crippen LogP contribution in [0.5, 0.6) is 11.5 Å². The molecule has 45 heavy (non-hydrogen) atoms. The molecule has 1 aromatic rings. The molecule has 0 amide bonds. The van der Waals surface area contributed by atoms with Crippen LogP contribution in [0, 0.1) is 11.3 Å². The maximum atomic E-state index is 6.30. The van der Waals surface area contributed by atoms with Crippen LogP contribution in [-0.2, 0) is 4.74 Å². The second-order valence-corrected chi connectivity index (χ2v) is 17.8. The lowest BCUT2D eigenvalue weighted by molar-refractivity contribution is -0.0198. The van der Waals surface area contributed by atoms with Gasteiger partial charge in [0.25, 0.3) is 0 Å². The van der Waals surface area contributed by atoms with Gasteiger partial charge in [-0.3, -0.25) is 9.80 Å². The maximum absolute atomic E-state index is 6.30. The van der Waals surface area contributed by atoms with Crippen LogP contribution in [0.3, 0.4) is 0 Å². The molecule has 0 unspecified atom stereocenters. The van der Waals surface area contributed by atoms with Crippen LogP contribution in [-0.4, -0.2) is 109 Å². The van der Waals surface area contributed by atoms with Crippen molar-refractivity contribution in [1.29, 1.82) is 0 Å². The Morgan fingerprint density at radius 1 is 0.822 bits per heavy atom. The molecule has 3 aliphatic rings. The van der Waals surface area contributed by atoms with Crippen molar-refractivity contribution in [2.24, 2.45) is 11.3 Å². The van der Waals surface area contributed by atoms with Gasteiger partial charge in [-0.1, -0.05) is 26.8 Å². The van der Waals surface area contributed by atoms with Crippen molar-refractivity contribution in [2.45, 2.75) is 130 Å². The van der Waals surface area contributed by atoms with Gasteiger partial charge in [-0.15, -0.1) is 0 Å². The SMILES string of the molecule is CC(C)(C)COc1cccc(OC2CC(NC(C)(C)CCC(C)(C)N3CC(CN4CCCN(CCOC(C)(C)C)CC4)C3)C2)c1. The van der Waals surface area contributed by atoms with Crippen LogP contribution >= 0.6 is 0 Å². The normalized spacial score (nSPS) is 23.3. The van der Waals surface area contributed by atoms with E-state index in [0.717, 1.165) is 43.4 Å². The van der Waals surface area contributed by atoms with Crippen LogP contribution in [0.2, 0.25) is 0 Å². The number of nitrogens with one attached hydrogen (secondary N) is 1. The number of benzene rings is 1. The van der Waals surface area contributed by atoms with E-state index < -0.39 is 0 Å². The topological polar surface area (TPSA) is 49.4 Å². The summed E-state index contributed by atoms with van der Waals surface area (Å²) in [5, 5.41) is 3.95. The van der Waals surface area contributed by atoms with Crippen molar-refractivity contribution in [2.75, 3.05) is 65.6 Å². The molecule has 0 atom stereocenters. The van der Waals surface area contributed by atoms with Gasteiger partial charge in [0.15, 0.2) is 0 Å². The average Bonchev–Trinajstić information content (AvgIpc) is 3.11. The van der Waals surface area contributed by atoms with E-state index in [2.05, 4.69) is 89.3 Å². The minimum absolute atomic E-state index is 0.0417. The molecule has 258 valence electrons. The molecule has 1 N–H and O–H groups in total. The standard InChI is InChI=1S/C38H68N4O3/c1-35(2,3)29-43-32-13-11-14-33(25-32)45-34-23-31(24-34)39-37(7,8)15-16-38(9,10)42-27-30(28-42)26-41-18-12-17-40(19-20-41)21-22-44-36(4,5)6/h11,13-14,25,30-31,34,39H,12,15-24,26-29H2,1-10H3. The van der Waals surface area contributed by atoms with E-state index in [1.807, 2.05) is 24.3 Å². The molecule has 0 bridgehead atoms. The molecule has 7 nitrogen and oxygen atoms in total. The van der Waals surface area contributed by atoms with Gasteiger partial charge in [-0.2, -0.15) is 0 Å².